The number of carbonyl (C=O) groups is 1. The van der Waals surface area contributed by atoms with Gasteiger partial charge in [-0.3, -0.25) is 14.5 Å². The van der Waals surface area contributed by atoms with E-state index in [1.807, 2.05) is 24.3 Å². The average molecular weight is 476 g/mol. The maximum Gasteiger partial charge on any atom is 0.258 e. The Balaban J connectivity index is 1.34. The molecule has 0 radical (unpaired) electrons. The van der Waals surface area contributed by atoms with Gasteiger partial charge < -0.3 is 14.6 Å². The van der Waals surface area contributed by atoms with Crippen molar-refractivity contribution in [3.05, 3.63) is 76.1 Å². The molecule has 2 heterocycles. The van der Waals surface area contributed by atoms with Crippen LogP contribution in [0, 0.1) is 0 Å². The summed E-state index contributed by atoms with van der Waals surface area (Å²) in [7, 11) is 0. The van der Waals surface area contributed by atoms with Crippen LogP contribution in [0.4, 0.5) is 0 Å². The third-order valence-electron chi connectivity index (χ3n) is 6.76. The Morgan fingerprint density at radius 2 is 1.83 bits per heavy atom. The lowest BCUT2D eigenvalue weighted by molar-refractivity contribution is -0.124. The number of hydrogen-bond donors (Lipinski definition) is 1. The predicted molar refractivity (Wildman–Crippen MR) is 141 cm³/mol. The summed E-state index contributed by atoms with van der Waals surface area (Å²) in [5, 5.41) is 4.19. The minimum Gasteiger partial charge on any atom is -0.484 e. The van der Waals surface area contributed by atoms with E-state index in [0.717, 1.165) is 55.4 Å². The zero-order valence-electron chi connectivity index (χ0n) is 21.1. The molecule has 1 aliphatic heterocycles. The summed E-state index contributed by atoms with van der Waals surface area (Å²) in [5.74, 6) is 0.752. The van der Waals surface area contributed by atoms with Crippen LogP contribution in [-0.4, -0.2) is 41.1 Å². The van der Waals surface area contributed by atoms with Crippen LogP contribution < -0.4 is 15.6 Å². The number of fused-ring (bicyclic) bond motifs is 1. The molecule has 3 aromatic rings. The molecule has 0 unspecified atom stereocenters. The molecule has 0 spiro atoms. The second-order valence-electron chi connectivity index (χ2n) is 9.82. The number of pyridine rings is 1. The van der Waals surface area contributed by atoms with Gasteiger partial charge in [0.05, 0.1) is 5.52 Å². The van der Waals surface area contributed by atoms with Crippen LogP contribution in [0.15, 0.2) is 59.4 Å². The Bertz CT molecular complexity index is 1200. The highest BCUT2D eigenvalue weighted by molar-refractivity contribution is 5.84. The van der Waals surface area contributed by atoms with Gasteiger partial charge in [0.2, 0.25) is 0 Å². The number of nitrogens with one attached hydrogen (secondary N) is 1. The van der Waals surface area contributed by atoms with Gasteiger partial charge in [0.15, 0.2) is 6.61 Å². The molecule has 2 aromatic carbocycles. The van der Waals surface area contributed by atoms with Crippen LogP contribution >= 0.6 is 0 Å². The molecule has 0 atom stereocenters. The molecule has 0 bridgehead atoms. The van der Waals surface area contributed by atoms with Crippen molar-refractivity contribution in [2.75, 3.05) is 19.7 Å². The Morgan fingerprint density at radius 1 is 1.09 bits per heavy atom. The average Bonchev–Trinajstić information content (AvgIpc) is 2.86. The highest BCUT2D eigenvalue weighted by Gasteiger charge is 2.21. The van der Waals surface area contributed by atoms with Crippen molar-refractivity contribution in [3.63, 3.8) is 0 Å². The zero-order valence-corrected chi connectivity index (χ0v) is 21.1. The van der Waals surface area contributed by atoms with Crippen LogP contribution in [0.25, 0.3) is 10.9 Å². The zero-order chi connectivity index (χ0) is 24.8. The molecule has 1 amide bonds. The van der Waals surface area contributed by atoms with Gasteiger partial charge in [0.25, 0.3) is 11.5 Å². The minimum atomic E-state index is -0.103. The quantitative estimate of drug-likeness (QED) is 0.488. The number of piperidine rings is 1. The predicted octanol–water partition coefficient (Wildman–Crippen LogP) is 4.69. The Morgan fingerprint density at radius 3 is 2.51 bits per heavy atom. The fourth-order valence-electron chi connectivity index (χ4n) is 4.90. The molecule has 1 saturated heterocycles. The maximum atomic E-state index is 12.7. The number of hydrogen-bond acceptors (Lipinski definition) is 4. The Hall–Kier alpha value is -3.12. The molecule has 6 heteroatoms. The summed E-state index contributed by atoms with van der Waals surface area (Å²) in [4.78, 5) is 27.7. The number of rotatable bonds is 9. The number of likely N-dealkylation sites (tertiary alicyclic amines) is 1. The molecule has 1 aromatic heterocycles. The molecule has 1 fully saturated rings. The fraction of sp³-hybridized carbons (Fsp3) is 0.448. The maximum absolute atomic E-state index is 12.7. The van der Waals surface area contributed by atoms with Crippen LogP contribution in [0.2, 0.25) is 0 Å². The molecule has 0 aliphatic carbocycles. The smallest absolute Gasteiger partial charge is 0.258 e. The van der Waals surface area contributed by atoms with Crippen LogP contribution in [0.3, 0.4) is 0 Å². The standard InChI is InChI=1S/C29H37N3O3/c1-4-14-32-27-17-24(10-11-25(27)26(21(2)3)18-29(32)34)35-20-28(33)30-23-12-15-31(16-13-23)19-22-8-6-5-7-9-22/h5-11,17-18,21,23H,4,12-16,19-20H2,1-3H3,(H,30,33). The first-order chi connectivity index (χ1) is 16.9. The first-order valence-electron chi connectivity index (χ1n) is 12.8. The van der Waals surface area contributed by atoms with Gasteiger partial charge in [-0.25, -0.2) is 0 Å². The molecule has 35 heavy (non-hydrogen) atoms. The highest BCUT2D eigenvalue weighted by atomic mass is 16.5. The summed E-state index contributed by atoms with van der Waals surface area (Å²) >= 11 is 0. The van der Waals surface area contributed by atoms with E-state index in [1.54, 1.807) is 10.6 Å². The van der Waals surface area contributed by atoms with E-state index in [4.69, 9.17) is 4.74 Å². The van der Waals surface area contributed by atoms with E-state index in [-0.39, 0.29) is 30.0 Å². The molecule has 6 nitrogen and oxygen atoms in total. The van der Waals surface area contributed by atoms with Crippen molar-refractivity contribution >= 4 is 16.8 Å². The number of carbonyl (C=O) groups excluding carboxylic acids is 1. The first-order valence-corrected chi connectivity index (χ1v) is 12.8. The largest absolute Gasteiger partial charge is 0.484 e. The van der Waals surface area contributed by atoms with Gasteiger partial charge in [-0.15, -0.1) is 0 Å². The lowest BCUT2D eigenvalue weighted by Gasteiger charge is -2.32. The van der Waals surface area contributed by atoms with Gasteiger partial charge >= 0.3 is 0 Å². The van der Waals surface area contributed by atoms with Crippen molar-refractivity contribution in [3.8, 4) is 5.75 Å². The number of nitrogens with zero attached hydrogens (tertiary/aromatic N) is 2. The number of ether oxygens (including phenoxy) is 1. The van der Waals surface area contributed by atoms with E-state index < -0.39 is 0 Å². The van der Waals surface area contributed by atoms with E-state index in [0.29, 0.717) is 12.3 Å². The first kappa shape index (κ1) is 25.0. The van der Waals surface area contributed by atoms with E-state index in [1.165, 1.54) is 5.56 Å². The lowest BCUT2D eigenvalue weighted by atomic mass is 9.98. The van der Waals surface area contributed by atoms with Gasteiger partial charge in [0.1, 0.15) is 5.75 Å². The highest BCUT2D eigenvalue weighted by Crippen LogP contribution is 2.27. The van der Waals surface area contributed by atoms with Crippen LogP contribution in [0.1, 0.15) is 57.1 Å². The van der Waals surface area contributed by atoms with E-state index >= 15 is 0 Å². The van der Waals surface area contributed by atoms with Gasteiger partial charge in [-0.2, -0.15) is 0 Å². The molecule has 1 N–H and O–H groups in total. The molecule has 186 valence electrons. The lowest BCUT2D eigenvalue weighted by Crippen LogP contribution is -2.45. The molecule has 4 rings (SSSR count). The Labute approximate surface area is 207 Å². The number of amides is 1. The third kappa shape index (κ3) is 6.31. The molecule has 0 saturated carbocycles. The second-order valence-corrected chi connectivity index (χ2v) is 9.82. The van der Waals surface area contributed by atoms with Crippen molar-refractivity contribution < 1.29 is 9.53 Å². The molecule has 1 aliphatic rings. The van der Waals surface area contributed by atoms with Crippen molar-refractivity contribution in [1.29, 1.82) is 0 Å². The molecular weight excluding hydrogens is 438 g/mol. The summed E-state index contributed by atoms with van der Waals surface area (Å²) < 4.78 is 7.66. The topological polar surface area (TPSA) is 63.6 Å². The summed E-state index contributed by atoms with van der Waals surface area (Å²) in [6.07, 6.45) is 2.75. The van der Waals surface area contributed by atoms with Crippen LogP contribution in [-0.2, 0) is 17.9 Å². The van der Waals surface area contributed by atoms with Crippen LogP contribution in [0.5, 0.6) is 5.75 Å². The van der Waals surface area contributed by atoms with Gasteiger partial charge in [-0.1, -0.05) is 51.1 Å². The number of aryl methyl sites for hydroxylation is 1. The minimum absolute atomic E-state index is 0.0107. The SMILES string of the molecule is CCCn1c(=O)cc(C(C)C)c2ccc(OCC(=O)NC3CCN(Cc4ccccc4)CC3)cc21. The fourth-order valence-corrected chi connectivity index (χ4v) is 4.90. The van der Waals surface area contributed by atoms with Gasteiger partial charge in [-0.05, 0) is 48.4 Å². The van der Waals surface area contributed by atoms with E-state index in [2.05, 4.69) is 55.3 Å². The Kier molecular flexibility index (Phi) is 8.24. The summed E-state index contributed by atoms with van der Waals surface area (Å²) in [6.45, 7) is 9.77. The number of aromatic nitrogens is 1. The summed E-state index contributed by atoms with van der Waals surface area (Å²) in [6, 6.07) is 18.2. The second kappa shape index (κ2) is 11.5. The van der Waals surface area contributed by atoms with E-state index in [9.17, 15) is 9.59 Å². The van der Waals surface area contributed by atoms with Crippen molar-refractivity contribution in [2.45, 2.75) is 65.1 Å². The van der Waals surface area contributed by atoms with Gasteiger partial charge in [0, 0.05) is 49.7 Å². The van der Waals surface area contributed by atoms with Crippen molar-refractivity contribution in [1.82, 2.24) is 14.8 Å². The number of benzene rings is 2. The monoisotopic (exact) mass is 475 g/mol. The third-order valence-corrected chi connectivity index (χ3v) is 6.76. The summed E-state index contributed by atoms with van der Waals surface area (Å²) in [5.41, 5.74) is 3.24. The normalized spacial score (nSPS) is 15.0. The van der Waals surface area contributed by atoms with Crippen molar-refractivity contribution in [2.24, 2.45) is 0 Å². The molecular formula is C29H37N3O3.